The van der Waals surface area contributed by atoms with E-state index in [0.717, 1.165) is 44.1 Å². The van der Waals surface area contributed by atoms with E-state index in [1.165, 1.54) is 29.1 Å². The lowest BCUT2D eigenvalue weighted by molar-refractivity contribution is -0.150. The first-order valence-corrected chi connectivity index (χ1v) is 9.95. The molecule has 1 amide bonds. The van der Waals surface area contributed by atoms with Crippen LogP contribution in [-0.4, -0.2) is 17.0 Å². The summed E-state index contributed by atoms with van der Waals surface area (Å²) in [6, 6.07) is 2.26. The van der Waals surface area contributed by atoms with E-state index in [1.54, 1.807) is 0 Å². The van der Waals surface area contributed by atoms with Crippen LogP contribution in [0.15, 0.2) is 0 Å². The molecule has 2 aliphatic carbocycles. The van der Waals surface area contributed by atoms with E-state index in [-0.39, 0.29) is 12.3 Å². The molecule has 3 rings (SSSR count). The molecule has 0 saturated heterocycles. The summed E-state index contributed by atoms with van der Waals surface area (Å²) in [4.78, 5) is 25.4. The van der Waals surface area contributed by atoms with Crippen LogP contribution in [0.1, 0.15) is 73.8 Å². The summed E-state index contributed by atoms with van der Waals surface area (Å²) in [5.74, 6) is -1.16. The minimum Gasteiger partial charge on any atom is -0.481 e. The van der Waals surface area contributed by atoms with Crippen LogP contribution < -0.4 is 5.32 Å². The lowest BCUT2D eigenvalue weighted by atomic mass is 9.82. The van der Waals surface area contributed by atoms with Crippen LogP contribution in [0.2, 0.25) is 0 Å². The number of hydrogen-bond donors (Lipinski definition) is 2. The summed E-state index contributed by atoms with van der Waals surface area (Å²) < 4.78 is 0. The van der Waals surface area contributed by atoms with Gasteiger partial charge in [-0.05, 0) is 44.1 Å². The van der Waals surface area contributed by atoms with E-state index < -0.39 is 11.4 Å². The topological polar surface area (TPSA) is 90.2 Å². The Morgan fingerprint density at radius 1 is 1.12 bits per heavy atom. The number of thiophene rings is 1. The Balaban J connectivity index is 1.78. The number of fused-ring (bicyclic) bond motifs is 1. The van der Waals surface area contributed by atoms with Gasteiger partial charge in [0.25, 0.3) is 0 Å². The Bertz CT molecular complexity index is 711. The number of rotatable bonds is 4. The molecule has 0 bridgehead atoms. The predicted octanol–water partition coefficient (Wildman–Crippen LogP) is 4.25. The zero-order valence-electron chi connectivity index (χ0n) is 14.4. The standard InChI is InChI=1S/C19H24N2O3S/c20-12-14-13-7-3-1-2-4-8-15(13)25-17(14)21-16(22)11-19(18(23)24)9-5-6-10-19/h1-11H2,(H,21,22)(H,23,24). The van der Waals surface area contributed by atoms with Crippen molar-refractivity contribution in [2.45, 2.75) is 70.6 Å². The average Bonchev–Trinajstić information content (AvgIpc) is 3.13. The van der Waals surface area contributed by atoms with Gasteiger partial charge in [-0.3, -0.25) is 9.59 Å². The molecular formula is C19H24N2O3S. The summed E-state index contributed by atoms with van der Waals surface area (Å²) in [5.41, 5.74) is 0.755. The highest BCUT2D eigenvalue weighted by atomic mass is 32.1. The minimum atomic E-state index is -0.928. The molecule has 0 atom stereocenters. The number of aryl methyl sites for hydroxylation is 1. The van der Waals surface area contributed by atoms with Crippen molar-refractivity contribution in [2.24, 2.45) is 5.41 Å². The van der Waals surface area contributed by atoms with Gasteiger partial charge in [0.2, 0.25) is 5.91 Å². The van der Waals surface area contributed by atoms with E-state index in [1.807, 2.05) is 0 Å². The average molecular weight is 360 g/mol. The van der Waals surface area contributed by atoms with Gasteiger partial charge in [0, 0.05) is 11.3 Å². The van der Waals surface area contributed by atoms with Gasteiger partial charge in [0.05, 0.1) is 11.0 Å². The molecule has 25 heavy (non-hydrogen) atoms. The van der Waals surface area contributed by atoms with Crippen molar-refractivity contribution in [1.29, 1.82) is 5.26 Å². The van der Waals surface area contributed by atoms with Gasteiger partial charge in [-0.15, -0.1) is 11.3 Å². The first kappa shape index (κ1) is 17.9. The number of nitrogens with zero attached hydrogens (tertiary/aromatic N) is 1. The van der Waals surface area contributed by atoms with Crippen molar-refractivity contribution in [1.82, 2.24) is 0 Å². The molecule has 1 aromatic rings. The highest BCUT2D eigenvalue weighted by Gasteiger charge is 2.43. The number of anilines is 1. The SMILES string of the molecule is N#Cc1c(NC(=O)CC2(C(=O)O)CCCC2)sc2c1CCCCCC2. The molecule has 0 unspecified atom stereocenters. The van der Waals surface area contributed by atoms with Crippen molar-refractivity contribution in [2.75, 3.05) is 5.32 Å². The van der Waals surface area contributed by atoms with E-state index in [0.29, 0.717) is 23.4 Å². The van der Waals surface area contributed by atoms with Gasteiger partial charge in [-0.1, -0.05) is 25.7 Å². The molecule has 2 aliphatic rings. The Morgan fingerprint density at radius 2 is 1.80 bits per heavy atom. The fourth-order valence-corrected chi connectivity index (χ4v) is 5.38. The maximum Gasteiger partial charge on any atom is 0.310 e. The van der Waals surface area contributed by atoms with Crippen LogP contribution in [0.5, 0.6) is 0 Å². The van der Waals surface area contributed by atoms with E-state index >= 15 is 0 Å². The summed E-state index contributed by atoms with van der Waals surface area (Å²) >= 11 is 1.50. The molecule has 0 radical (unpaired) electrons. The molecule has 2 N–H and O–H groups in total. The van der Waals surface area contributed by atoms with E-state index in [2.05, 4.69) is 11.4 Å². The summed E-state index contributed by atoms with van der Waals surface area (Å²) in [6.45, 7) is 0. The Kier molecular flexibility index (Phi) is 5.43. The smallest absolute Gasteiger partial charge is 0.310 e. The molecule has 1 saturated carbocycles. The number of amides is 1. The summed E-state index contributed by atoms with van der Waals surface area (Å²) in [5, 5.41) is 22.6. The second-order valence-corrected chi connectivity index (χ2v) is 8.36. The van der Waals surface area contributed by atoms with Gasteiger partial charge >= 0.3 is 5.97 Å². The van der Waals surface area contributed by atoms with Crippen LogP contribution in [0.3, 0.4) is 0 Å². The molecule has 0 spiro atoms. The largest absolute Gasteiger partial charge is 0.481 e. The molecule has 5 nitrogen and oxygen atoms in total. The number of carbonyl (C=O) groups excluding carboxylic acids is 1. The predicted molar refractivity (Wildman–Crippen MR) is 96.7 cm³/mol. The van der Waals surface area contributed by atoms with Crippen LogP contribution in [0, 0.1) is 16.7 Å². The molecule has 1 heterocycles. The molecular weight excluding hydrogens is 336 g/mol. The molecule has 134 valence electrons. The highest BCUT2D eigenvalue weighted by molar-refractivity contribution is 7.16. The second kappa shape index (κ2) is 7.57. The van der Waals surface area contributed by atoms with Crippen LogP contribution in [0.25, 0.3) is 0 Å². The van der Waals surface area contributed by atoms with Gasteiger partial charge in [0.15, 0.2) is 0 Å². The normalized spacial score (nSPS) is 19.3. The van der Waals surface area contributed by atoms with Crippen molar-refractivity contribution in [3.63, 3.8) is 0 Å². The highest BCUT2D eigenvalue weighted by Crippen LogP contribution is 2.42. The Morgan fingerprint density at radius 3 is 2.44 bits per heavy atom. The maximum atomic E-state index is 12.5. The summed E-state index contributed by atoms with van der Waals surface area (Å²) in [6.07, 6.45) is 9.27. The quantitative estimate of drug-likeness (QED) is 0.840. The Hall–Kier alpha value is -1.87. The van der Waals surface area contributed by atoms with Crippen molar-refractivity contribution < 1.29 is 14.7 Å². The lowest BCUT2D eigenvalue weighted by Gasteiger charge is -2.22. The fraction of sp³-hybridized carbons (Fsp3) is 0.632. The maximum absolute atomic E-state index is 12.5. The number of nitriles is 1. The van der Waals surface area contributed by atoms with Crippen molar-refractivity contribution in [3.8, 4) is 6.07 Å². The van der Waals surface area contributed by atoms with Crippen molar-refractivity contribution in [3.05, 3.63) is 16.0 Å². The molecule has 6 heteroatoms. The number of hydrogen-bond acceptors (Lipinski definition) is 4. The number of carboxylic acids is 1. The number of carbonyl (C=O) groups is 2. The van der Waals surface area contributed by atoms with Crippen LogP contribution >= 0.6 is 11.3 Å². The first-order chi connectivity index (χ1) is 12.1. The molecule has 1 fully saturated rings. The van der Waals surface area contributed by atoms with Crippen molar-refractivity contribution >= 4 is 28.2 Å². The fourth-order valence-electron chi connectivity index (χ4n) is 4.12. The van der Waals surface area contributed by atoms with Gasteiger partial charge in [-0.25, -0.2) is 0 Å². The van der Waals surface area contributed by atoms with Crippen LogP contribution in [-0.2, 0) is 22.4 Å². The second-order valence-electron chi connectivity index (χ2n) is 7.25. The minimum absolute atomic E-state index is 0.00420. The van der Waals surface area contributed by atoms with Gasteiger partial charge in [0.1, 0.15) is 11.1 Å². The third-order valence-corrected chi connectivity index (χ3v) is 6.76. The number of nitrogens with one attached hydrogen (secondary N) is 1. The zero-order valence-corrected chi connectivity index (χ0v) is 15.2. The third kappa shape index (κ3) is 3.72. The van der Waals surface area contributed by atoms with Gasteiger partial charge < -0.3 is 10.4 Å². The molecule has 0 aromatic carbocycles. The molecule has 0 aliphatic heterocycles. The monoisotopic (exact) mass is 360 g/mol. The van der Waals surface area contributed by atoms with Crippen LogP contribution in [0.4, 0.5) is 5.00 Å². The third-order valence-electron chi connectivity index (χ3n) is 5.55. The van der Waals surface area contributed by atoms with Gasteiger partial charge in [-0.2, -0.15) is 5.26 Å². The summed E-state index contributed by atoms with van der Waals surface area (Å²) in [7, 11) is 0. The zero-order chi connectivity index (χ0) is 17.9. The lowest BCUT2D eigenvalue weighted by Crippen LogP contribution is -2.32. The number of carboxylic acid groups (broad SMARTS) is 1. The Labute approximate surface area is 152 Å². The van der Waals surface area contributed by atoms with E-state index in [4.69, 9.17) is 0 Å². The number of aliphatic carboxylic acids is 1. The first-order valence-electron chi connectivity index (χ1n) is 9.14. The molecule has 1 aromatic heterocycles. The van der Waals surface area contributed by atoms with E-state index in [9.17, 15) is 20.0 Å².